The van der Waals surface area contributed by atoms with E-state index in [4.69, 9.17) is 4.74 Å². The van der Waals surface area contributed by atoms with E-state index in [2.05, 4.69) is 10.3 Å². The highest BCUT2D eigenvalue weighted by Crippen LogP contribution is 2.41. The Morgan fingerprint density at radius 3 is 2.83 bits per heavy atom. The molecule has 1 aromatic carbocycles. The van der Waals surface area contributed by atoms with Crippen LogP contribution in [0.3, 0.4) is 0 Å². The smallest absolute Gasteiger partial charge is 0.245 e. The van der Waals surface area contributed by atoms with Gasteiger partial charge in [0.1, 0.15) is 0 Å². The van der Waals surface area contributed by atoms with E-state index in [1.54, 1.807) is 23.1 Å². The average molecular weight is 432 g/mol. The summed E-state index contributed by atoms with van der Waals surface area (Å²) in [6, 6.07) is 5.18. The zero-order chi connectivity index (χ0) is 20.5. The number of hydrogen-bond acceptors (Lipinski definition) is 6. The molecule has 2 aliphatic rings. The zero-order valence-electron chi connectivity index (χ0n) is 16.6. The van der Waals surface area contributed by atoms with Crippen molar-refractivity contribution in [3.63, 3.8) is 0 Å². The van der Waals surface area contributed by atoms with Crippen LogP contribution >= 0.6 is 11.3 Å². The third kappa shape index (κ3) is 5.11. The molecule has 1 atom stereocenters. The normalized spacial score (nSPS) is 18.4. The highest BCUT2D eigenvalue weighted by molar-refractivity contribution is 7.13. The van der Waals surface area contributed by atoms with Crippen LogP contribution in [0.2, 0.25) is 0 Å². The fourth-order valence-electron chi connectivity index (χ4n) is 3.52. The van der Waals surface area contributed by atoms with E-state index in [1.165, 1.54) is 24.2 Å². The molecule has 2 N–H and O–H groups in total. The molecule has 30 heavy (non-hydrogen) atoms. The number of phenolic OH excluding ortho intramolecular Hbond substituents is 1. The Balaban J connectivity index is 0.00000256. The first-order valence-electron chi connectivity index (χ1n) is 9.91. The summed E-state index contributed by atoms with van der Waals surface area (Å²) in [6.45, 7) is 4.26. The molecular formula is C22H29N3O4S. The average Bonchev–Trinajstić information content (AvgIpc) is 3.31. The van der Waals surface area contributed by atoms with Crippen molar-refractivity contribution in [2.24, 2.45) is 0 Å². The molecule has 7 nitrogen and oxygen atoms in total. The summed E-state index contributed by atoms with van der Waals surface area (Å²) < 4.78 is 5.63. The van der Waals surface area contributed by atoms with E-state index in [0.717, 1.165) is 11.3 Å². The number of benzene rings is 1. The number of thiazole rings is 1. The van der Waals surface area contributed by atoms with Crippen molar-refractivity contribution in [3.8, 4) is 11.5 Å². The van der Waals surface area contributed by atoms with E-state index in [-0.39, 0.29) is 43.6 Å². The molecule has 1 saturated heterocycles. The number of aromatic nitrogens is 1. The molecule has 1 saturated carbocycles. The van der Waals surface area contributed by atoms with E-state index in [9.17, 15) is 14.7 Å². The maximum absolute atomic E-state index is 12.4. The quantitative estimate of drug-likeness (QED) is 0.689. The Bertz CT molecular complexity index is 923. The molecule has 0 bridgehead atoms. The lowest BCUT2D eigenvalue weighted by Crippen LogP contribution is -2.34. The number of hydrogen-bond donors (Lipinski definition) is 2. The van der Waals surface area contributed by atoms with Crippen LogP contribution in [0, 0.1) is 0 Å². The van der Waals surface area contributed by atoms with Crippen LogP contribution in [0.15, 0.2) is 23.6 Å². The zero-order valence-corrected chi connectivity index (χ0v) is 17.4. The number of aromatic hydroxyl groups is 1. The first-order chi connectivity index (χ1) is 13.9. The second-order valence-electron chi connectivity index (χ2n) is 7.97. The lowest BCUT2D eigenvalue weighted by molar-refractivity contribution is -0.131. The standard InChI is InChI=1S/C21H25N3O4S.CH4/c1-12(2)28-18-7-14(5-6-17(18)25)15-8-20(27)24(9-15)10-19(26)23-21-22-16(11-29-21)13-3-4-13;/h5-7,11-13,15,25H,3-4,8-10H2,1-2H3,(H,22,23,26);1H4/t15-;/m1./s1. The van der Waals surface area contributed by atoms with Crippen LogP contribution in [0.4, 0.5) is 5.13 Å². The van der Waals surface area contributed by atoms with Crippen LogP contribution in [0.25, 0.3) is 0 Å². The second-order valence-corrected chi connectivity index (χ2v) is 8.83. The van der Waals surface area contributed by atoms with E-state index in [0.29, 0.717) is 29.8 Å². The van der Waals surface area contributed by atoms with Crippen LogP contribution in [-0.2, 0) is 9.59 Å². The number of amides is 2. The van der Waals surface area contributed by atoms with Gasteiger partial charge in [0.15, 0.2) is 16.6 Å². The highest BCUT2D eigenvalue weighted by Gasteiger charge is 2.32. The molecule has 1 aliphatic carbocycles. The molecule has 0 radical (unpaired) electrons. The van der Waals surface area contributed by atoms with Crippen LogP contribution in [0.1, 0.15) is 63.6 Å². The number of likely N-dealkylation sites (tertiary alicyclic amines) is 1. The molecule has 2 heterocycles. The Hall–Kier alpha value is -2.61. The molecular weight excluding hydrogens is 402 g/mol. The largest absolute Gasteiger partial charge is 0.504 e. The number of carbonyl (C=O) groups excluding carboxylic acids is 2. The van der Waals surface area contributed by atoms with Gasteiger partial charge in [-0.15, -0.1) is 11.3 Å². The maximum Gasteiger partial charge on any atom is 0.245 e. The van der Waals surface area contributed by atoms with Crippen molar-refractivity contribution < 1.29 is 19.4 Å². The van der Waals surface area contributed by atoms with Crippen LogP contribution in [0.5, 0.6) is 11.5 Å². The molecule has 4 rings (SSSR count). The number of nitrogens with zero attached hydrogens (tertiary/aromatic N) is 2. The van der Waals surface area contributed by atoms with Gasteiger partial charge in [-0.1, -0.05) is 13.5 Å². The first-order valence-corrected chi connectivity index (χ1v) is 10.8. The first kappa shape index (κ1) is 22.1. The molecule has 0 spiro atoms. The number of carbonyl (C=O) groups is 2. The number of rotatable bonds is 7. The molecule has 8 heteroatoms. The van der Waals surface area contributed by atoms with Crippen molar-refractivity contribution in [2.75, 3.05) is 18.4 Å². The van der Waals surface area contributed by atoms with Gasteiger partial charge in [0.25, 0.3) is 0 Å². The summed E-state index contributed by atoms with van der Waals surface area (Å²) in [6.07, 6.45) is 2.61. The fourth-order valence-corrected chi connectivity index (χ4v) is 4.33. The van der Waals surface area contributed by atoms with Crippen LogP contribution in [-0.4, -0.2) is 46.0 Å². The van der Waals surface area contributed by atoms with Gasteiger partial charge in [0.2, 0.25) is 11.8 Å². The lowest BCUT2D eigenvalue weighted by atomic mass is 9.98. The summed E-state index contributed by atoms with van der Waals surface area (Å²) in [5.74, 6) is 0.723. The Kier molecular flexibility index (Phi) is 6.65. The van der Waals surface area contributed by atoms with Crippen molar-refractivity contribution in [3.05, 3.63) is 34.8 Å². The van der Waals surface area contributed by atoms with Gasteiger partial charge >= 0.3 is 0 Å². The second kappa shape index (κ2) is 9.04. The minimum atomic E-state index is -0.231. The molecule has 2 amide bonds. The summed E-state index contributed by atoms with van der Waals surface area (Å²) in [4.78, 5) is 30.8. The monoisotopic (exact) mass is 431 g/mol. The highest BCUT2D eigenvalue weighted by atomic mass is 32.1. The number of phenols is 1. The predicted molar refractivity (Wildman–Crippen MR) is 117 cm³/mol. The summed E-state index contributed by atoms with van der Waals surface area (Å²) in [7, 11) is 0. The summed E-state index contributed by atoms with van der Waals surface area (Å²) in [5, 5.41) is 15.4. The van der Waals surface area contributed by atoms with Gasteiger partial charge in [-0.05, 0) is 44.4 Å². The van der Waals surface area contributed by atoms with Gasteiger partial charge in [0, 0.05) is 30.2 Å². The predicted octanol–water partition coefficient (Wildman–Crippen LogP) is 4.10. The molecule has 1 aliphatic heterocycles. The van der Waals surface area contributed by atoms with Gasteiger partial charge in [-0.2, -0.15) is 0 Å². The minimum absolute atomic E-state index is 0. The van der Waals surface area contributed by atoms with Crippen LogP contribution < -0.4 is 10.1 Å². The SMILES string of the molecule is C.CC(C)Oc1cc([C@@H]2CC(=O)N(CC(=O)Nc3nc(C4CC4)cs3)C2)ccc1O. The summed E-state index contributed by atoms with van der Waals surface area (Å²) in [5.41, 5.74) is 1.97. The molecule has 2 aromatic rings. The van der Waals surface area contributed by atoms with Crippen molar-refractivity contribution in [1.29, 1.82) is 0 Å². The lowest BCUT2D eigenvalue weighted by Gasteiger charge is -2.17. The van der Waals surface area contributed by atoms with Gasteiger partial charge in [-0.3, -0.25) is 9.59 Å². The van der Waals surface area contributed by atoms with E-state index < -0.39 is 0 Å². The fraction of sp³-hybridized carbons (Fsp3) is 0.500. The van der Waals surface area contributed by atoms with Gasteiger partial charge < -0.3 is 20.1 Å². The van der Waals surface area contributed by atoms with Crippen molar-refractivity contribution in [2.45, 2.75) is 58.5 Å². The van der Waals surface area contributed by atoms with Crippen molar-refractivity contribution in [1.82, 2.24) is 9.88 Å². The van der Waals surface area contributed by atoms with E-state index >= 15 is 0 Å². The molecule has 162 valence electrons. The van der Waals surface area contributed by atoms with Crippen molar-refractivity contribution >= 4 is 28.3 Å². The summed E-state index contributed by atoms with van der Waals surface area (Å²) >= 11 is 1.43. The third-order valence-corrected chi connectivity index (χ3v) is 5.91. The maximum atomic E-state index is 12.4. The molecule has 1 aromatic heterocycles. The Morgan fingerprint density at radius 1 is 1.37 bits per heavy atom. The van der Waals surface area contributed by atoms with Gasteiger partial charge in [-0.25, -0.2) is 4.98 Å². The van der Waals surface area contributed by atoms with E-state index in [1.807, 2.05) is 19.2 Å². The minimum Gasteiger partial charge on any atom is -0.504 e. The molecule has 0 unspecified atom stereocenters. The molecule has 2 fully saturated rings. The Morgan fingerprint density at radius 2 is 2.13 bits per heavy atom. The third-order valence-electron chi connectivity index (χ3n) is 5.13. The number of nitrogens with one attached hydrogen (secondary N) is 1. The van der Waals surface area contributed by atoms with Gasteiger partial charge in [0.05, 0.1) is 18.3 Å². The topological polar surface area (TPSA) is 91.8 Å². The Labute approximate surface area is 181 Å². The number of anilines is 1. The number of ether oxygens (including phenoxy) is 1.